The van der Waals surface area contributed by atoms with Gasteiger partial charge in [-0.1, -0.05) is 6.07 Å². The highest BCUT2D eigenvalue weighted by Gasteiger charge is 2.13. The Bertz CT molecular complexity index is 405. The summed E-state index contributed by atoms with van der Waals surface area (Å²) in [5.74, 6) is 5.64. The van der Waals surface area contributed by atoms with Crippen molar-refractivity contribution in [3.05, 3.63) is 35.1 Å². The van der Waals surface area contributed by atoms with Gasteiger partial charge >= 0.3 is 0 Å². The number of amidine groups is 1. The summed E-state index contributed by atoms with van der Waals surface area (Å²) >= 11 is 0. The lowest BCUT2D eigenvalue weighted by Gasteiger charge is -2.17. The number of rotatable bonds is 1. The van der Waals surface area contributed by atoms with Crippen LogP contribution >= 0.6 is 0 Å². The third kappa shape index (κ3) is 3.31. The third-order valence-corrected chi connectivity index (χ3v) is 2.04. The van der Waals surface area contributed by atoms with E-state index in [4.69, 9.17) is 5.84 Å². The van der Waals surface area contributed by atoms with E-state index >= 15 is 0 Å². The van der Waals surface area contributed by atoms with Crippen LogP contribution < -0.4 is 11.3 Å². The van der Waals surface area contributed by atoms with Crippen molar-refractivity contribution in [3.63, 3.8) is 0 Å². The molecule has 0 aliphatic heterocycles. The Labute approximate surface area is 95.5 Å². The van der Waals surface area contributed by atoms with Gasteiger partial charge in [0.25, 0.3) is 0 Å². The Morgan fingerprint density at radius 1 is 1.38 bits per heavy atom. The van der Waals surface area contributed by atoms with E-state index in [1.54, 1.807) is 6.07 Å². The SMILES string of the molecule is Cc1ccc(F)cc1C(=NC(C)(C)C)NN. The summed E-state index contributed by atoms with van der Waals surface area (Å²) in [6.07, 6.45) is 0. The normalized spacial score (nSPS) is 12.8. The molecule has 0 bridgehead atoms. The first-order valence-electron chi connectivity index (χ1n) is 5.16. The zero-order valence-corrected chi connectivity index (χ0v) is 10.1. The number of hydrazine groups is 1. The van der Waals surface area contributed by atoms with Crippen molar-refractivity contribution in [1.29, 1.82) is 0 Å². The summed E-state index contributed by atoms with van der Waals surface area (Å²) in [5.41, 5.74) is 3.89. The summed E-state index contributed by atoms with van der Waals surface area (Å²) in [6, 6.07) is 4.56. The van der Waals surface area contributed by atoms with Gasteiger partial charge in [-0.3, -0.25) is 4.99 Å². The van der Waals surface area contributed by atoms with Crippen LogP contribution in [-0.2, 0) is 0 Å². The number of hydrogen-bond acceptors (Lipinski definition) is 2. The molecular formula is C12H18FN3. The molecule has 0 aliphatic carbocycles. The molecule has 0 aliphatic rings. The van der Waals surface area contributed by atoms with Crippen LogP contribution in [0.3, 0.4) is 0 Å². The molecule has 0 atom stereocenters. The van der Waals surface area contributed by atoms with Crippen LogP contribution in [0, 0.1) is 12.7 Å². The fraction of sp³-hybridized carbons (Fsp3) is 0.417. The molecule has 0 aromatic heterocycles. The number of halogens is 1. The average molecular weight is 223 g/mol. The van der Waals surface area contributed by atoms with Gasteiger partial charge in [-0.25, -0.2) is 10.2 Å². The van der Waals surface area contributed by atoms with Crippen LogP contribution in [0.15, 0.2) is 23.2 Å². The molecule has 3 nitrogen and oxygen atoms in total. The van der Waals surface area contributed by atoms with Crippen molar-refractivity contribution in [1.82, 2.24) is 5.43 Å². The smallest absolute Gasteiger partial charge is 0.143 e. The number of nitrogens with zero attached hydrogens (tertiary/aromatic N) is 1. The Morgan fingerprint density at radius 3 is 2.50 bits per heavy atom. The lowest BCUT2D eigenvalue weighted by molar-refractivity contribution is 0.579. The van der Waals surface area contributed by atoms with Gasteiger partial charge in [0.05, 0.1) is 5.54 Å². The summed E-state index contributed by atoms with van der Waals surface area (Å²) in [4.78, 5) is 4.41. The molecule has 1 aromatic rings. The molecule has 0 radical (unpaired) electrons. The quantitative estimate of drug-likeness (QED) is 0.332. The van der Waals surface area contributed by atoms with Crippen LogP contribution in [-0.4, -0.2) is 11.4 Å². The van der Waals surface area contributed by atoms with Gasteiger partial charge < -0.3 is 5.43 Å². The monoisotopic (exact) mass is 223 g/mol. The van der Waals surface area contributed by atoms with Gasteiger partial charge in [-0.2, -0.15) is 0 Å². The summed E-state index contributed by atoms with van der Waals surface area (Å²) in [5, 5.41) is 0. The van der Waals surface area contributed by atoms with Crippen molar-refractivity contribution in [2.24, 2.45) is 10.8 Å². The van der Waals surface area contributed by atoms with Gasteiger partial charge in [0, 0.05) is 5.56 Å². The summed E-state index contributed by atoms with van der Waals surface area (Å²) in [7, 11) is 0. The maximum absolute atomic E-state index is 13.2. The molecule has 0 heterocycles. The molecule has 16 heavy (non-hydrogen) atoms. The van der Waals surface area contributed by atoms with Gasteiger partial charge in [-0.15, -0.1) is 0 Å². The van der Waals surface area contributed by atoms with Gasteiger partial charge in [0.2, 0.25) is 0 Å². The molecule has 0 saturated heterocycles. The zero-order chi connectivity index (χ0) is 12.3. The number of nitrogens with one attached hydrogen (secondary N) is 1. The molecule has 0 amide bonds. The van der Waals surface area contributed by atoms with E-state index in [-0.39, 0.29) is 11.4 Å². The Hall–Kier alpha value is -1.42. The highest BCUT2D eigenvalue weighted by molar-refractivity contribution is 5.99. The van der Waals surface area contributed by atoms with E-state index in [1.165, 1.54) is 12.1 Å². The van der Waals surface area contributed by atoms with Crippen molar-refractivity contribution in [2.75, 3.05) is 0 Å². The molecule has 0 saturated carbocycles. The standard InChI is InChI=1S/C12H18FN3/c1-8-5-6-9(13)7-10(8)11(16-14)15-12(2,3)4/h5-7H,14H2,1-4H3,(H,15,16). The topological polar surface area (TPSA) is 50.4 Å². The molecule has 3 N–H and O–H groups in total. The highest BCUT2D eigenvalue weighted by atomic mass is 19.1. The van der Waals surface area contributed by atoms with E-state index in [0.717, 1.165) is 5.56 Å². The van der Waals surface area contributed by atoms with Crippen LogP contribution in [0.25, 0.3) is 0 Å². The van der Waals surface area contributed by atoms with Crippen molar-refractivity contribution >= 4 is 5.84 Å². The second-order valence-electron chi connectivity index (χ2n) is 4.73. The first kappa shape index (κ1) is 12.6. The van der Waals surface area contributed by atoms with Crippen LogP contribution in [0.5, 0.6) is 0 Å². The van der Waals surface area contributed by atoms with E-state index in [0.29, 0.717) is 11.4 Å². The minimum atomic E-state index is -0.294. The molecular weight excluding hydrogens is 205 g/mol. The number of aryl methyl sites for hydroxylation is 1. The van der Waals surface area contributed by atoms with Crippen molar-refractivity contribution in [2.45, 2.75) is 33.2 Å². The van der Waals surface area contributed by atoms with Gasteiger partial charge in [-0.05, 0) is 45.4 Å². The Morgan fingerprint density at radius 2 is 2.00 bits per heavy atom. The predicted molar refractivity (Wildman–Crippen MR) is 64.8 cm³/mol. The zero-order valence-electron chi connectivity index (χ0n) is 10.1. The second-order valence-corrected chi connectivity index (χ2v) is 4.73. The third-order valence-electron chi connectivity index (χ3n) is 2.04. The molecule has 4 heteroatoms. The lowest BCUT2D eigenvalue weighted by atomic mass is 10.1. The van der Waals surface area contributed by atoms with Crippen molar-refractivity contribution in [3.8, 4) is 0 Å². The number of benzene rings is 1. The number of nitrogens with two attached hydrogens (primary N) is 1. The maximum Gasteiger partial charge on any atom is 0.143 e. The fourth-order valence-corrected chi connectivity index (χ4v) is 1.36. The van der Waals surface area contributed by atoms with E-state index in [9.17, 15) is 4.39 Å². The Kier molecular flexibility index (Phi) is 3.65. The summed E-state index contributed by atoms with van der Waals surface area (Å²) < 4.78 is 13.2. The van der Waals surface area contributed by atoms with E-state index < -0.39 is 0 Å². The van der Waals surface area contributed by atoms with Crippen LogP contribution in [0.2, 0.25) is 0 Å². The molecule has 0 spiro atoms. The maximum atomic E-state index is 13.2. The summed E-state index contributed by atoms with van der Waals surface area (Å²) in [6.45, 7) is 7.77. The van der Waals surface area contributed by atoms with Crippen molar-refractivity contribution < 1.29 is 4.39 Å². The second kappa shape index (κ2) is 4.61. The molecule has 0 fully saturated rings. The minimum absolute atomic E-state index is 0.263. The largest absolute Gasteiger partial charge is 0.308 e. The number of hydrogen-bond donors (Lipinski definition) is 2. The lowest BCUT2D eigenvalue weighted by Crippen LogP contribution is -2.34. The van der Waals surface area contributed by atoms with E-state index in [2.05, 4.69) is 10.4 Å². The molecule has 0 unspecified atom stereocenters. The fourth-order valence-electron chi connectivity index (χ4n) is 1.36. The van der Waals surface area contributed by atoms with E-state index in [1.807, 2.05) is 27.7 Å². The van der Waals surface area contributed by atoms with Gasteiger partial charge in [0.1, 0.15) is 11.7 Å². The van der Waals surface area contributed by atoms with Gasteiger partial charge in [0.15, 0.2) is 0 Å². The highest BCUT2D eigenvalue weighted by Crippen LogP contribution is 2.14. The average Bonchev–Trinajstić information content (AvgIpc) is 2.17. The molecule has 1 aromatic carbocycles. The minimum Gasteiger partial charge on any atom is -0.308 e. The predicted octanol–water partition coefficient (Wildman–Crippen LogP) is 2.14. The number of aliphatic imine (C=N–C) groups is 1. The Balaban J connectivity index is 3.24. The first-order chi connectivity index (χ1) is 7.33. The molecule has 88 valence electrons. The first-order valence-corrected chi connectivity index (χ1v) is 5.16. The molecule has 1 rings (SSSR count). The van der Waals surface area contributed by atoms with Crippen LogP contribution in [0.4, 0.5) is 4.39 Å². The van der Waals surface area contributed by atoms with Crippen LogP contribution in [0.1, 0.15) is 31.9 Å².